The van der Waals surface area contributed by atoms with Crippen molar-refractivity contribution >= 4 is 8.58 Å². The van der Waals surface area contributed by atoms with Gasteiger partial charge in [-0.15, -0.1) is 8.58 Å². The van der Waals surface area contributed by atoms with Crippen molar-refractivity contribution in [1.29, 1.82) is 0 Å². The van der Waals surface area contributed by atoms with Crippen molar-refractivity contribution in [2.45, 2.75) is 129 Å². The fourth-order valence-corrected chi connectivity index (χ4v) is 4.33. The van der Waals surface area contributed by atoms with Crippen molar-refractivity contribution in [2.75, 3.05) is 6.16 Å². The summed E-state index contributed by atoms with van der Waals surface area (Å²) in [6.45, 7) is 7.07. The molecule has 134 valence electrons. The fourth-order valence-electron chi connectivity index (χ4n) is 3.14. The van der Waals surface area contributed by atoms with E-state index in [-0.39, 0.29) is 0 Å². The summed E-state index contributed by atoms with van der Waals surface area (Å²) in [5.74, 6) is 0. The molecule has 1 heteroatoms. The van der Waals surface area contributed by atoms with E-state index in [4.69, 9.17) is 0 Å². The average molecular weight is 329 g/mol. The van der Waals surface area contributed by atoms with Gasteiger partial charge >= 0.3 is 0 Å². The third-order valence-electron chi connectivity index (χ3n) is 4.73. The molecule has 0 saturated heterocycles. The lowest BCUT2D eigenvalue weighted by Gasteiger charge is -2.10. The summed E-state index contributed by atoms with van der Waals surface area (Å²) >= 11 is 0. The molecular weight excluding hydrogens is 283 g/mol. The zero-order valence-corrected chi connectivity index (χ0v) is 17.1. The fraction of sp³-hybridized carbons (Fsp3) is 1.00. The van der Waals surface area contributed by atoms with Crippen molar-refractivity contribution in [3.63, 3.8) is 0 Å². The summed E-state index contributed by atoms with van der Waals surface area (Å²) in [6.07, 6.45) is 24.9. The molecule has 0 N–H and O–H groups in total. The van der Waals surface area contributed by atoms with Crippen LogP contribution in [-0.4, -0.2) is 11.8 Å². The normalized spacial score (nSPS) is 13.2. The Bertz CT molecular complexity index is 190. The Morgan fingerprint density at radius 2 is 0.955 bits per heavy atom. The molecule has 0 spiro atoms. The van der Waals surface area contributed by atoms with Crippen molar-refractivity contribution < 1.29 is 0 Å². The van der Waals surface area contributed by atoms with Crippen LogP contribution in [0.4, 0.5) is 0 Å². The first-order chi connectivity index (χ1) is 10.8. The molecule has 0 heterocycles. The van der Waals surface area contributed by atoms with E-state index in [0.717, 1.165) is 5.66 Å². The summed E-state index contributed by atoms with van der Waals surface area (Å²) in [5.41, 5.74) is 0.997. The molecule has 0 bridgehead atoms. The predicted octanol–water partition coefficient (Wildman–Crippen LogP) is 8.33. The molecule has 0 aromatic rings. The summed E-state index contributed by atoms with van der Waals surface area (Å²) in [7, 11) is 1.22. The molecule has 2 unspecified atom stereocenters. The van der Waals surface area contributed by atoms with E-state index < -0.39 is 0 Å². The maximum absolute atomic E-state index is 2.45. The van der Waals surface area contributed by atoms with Gasteiger partial charge in [-0.1, -0.05) is 117 Å². The van der Waals surface area contributed by atoms with E-state index in [0.29, 0.717) is 0 Å². The van der Waals surface area contributed by atoms with Crippen LogP contribution >= 0.6 is 8.58 Å². The van der Waals surface area contributed by atoms with Crippen molar-refractivity contribution in [2.24, 2.45) is 0 Å². The lowest BCUT2D eigenvalue weighted by atomic mass is 10.0. The first kappa shape index (κ1) is 22.4. The quantitative estimate of drug-likeness (QED) is 0.175. The number of rotatable bonds is 18. The van der Waals surface area contributed by atoms with Gasteiger partial charge in [0.05, 0.1) is 0 Å². The predicted molar refractivity (Wildman–Crippen MR) is 108 cm³/mol. The van der Waals surface area contributed by atoms with E-state index in [1.807, 2.05) is 0 Å². The second kappa shape index (κ2) is 19.5. The van der Waals surface area contributed by atoms with Gasteiger partial charge in [-0.3, -0.25) is 0 Å². The maximum Gasteiger partial charge on any atom is -0.0265 e. The van der Waals surface area contributed by atoms with Crippen molar-refractivity contribution in [3.8, 4) is 0 Å². The Morgan fingerprint density at radius 3 is 1.36 bits per heavy atom. The smallest absolute Gasteiger partial charge is 0.0265 e. The largest absolute Gasteiger partial charge is 0.119 e. The minimum atomic E-state index is 0.997. The highest BCUT2D eigenvalue weighted by atomic mass is 31.1. The van der Waals surface area contributed by atoms with Gasteiger partial charge < -0.3 is 0 Å². The van der Waals surface area contributed by atoms with Crippen LogP contribution in [0.2, 0.25) is 0 Å². The van der Waals surface area contributed by atoms with E-state index in [1.54, 1.807) is 0 Å². The Hall–Kier alpha value is 0.430. The molecule has 0 aliphatic heterocycles. The molecule has 0 fully saturated rings. The Kier molecular flexibility index (Phi) is 19.9. The minimum absolute atomic E-state index is 0.997. The first-order valence-corrected chi connectivity index (χ1v) is 11.8. The third kappa shape index (κ3) is 18.5. The van der Waals surface area contributed by atoms with Crippen molar-refractivity contribution in [3.05, 3.63) is 0 Å². The molecule has 0 rings (SSSR count). The molecule has 0 radical (unpaired) electrons. The zero-order valence-electron chi connectivity index (χ0n) is 16.1. The molecule has 0 amide bonds. The molecular formula is C21H45P. The topological polar surface area (TPSA) is 0 Å². The number of hydrogen-bond donors (Lipinski definition) is 0. The zero-order chi connectivity index (χ0) is 16.3. The average Bonchev–Trinajstić information content (AvgIpc) is 2.53. The van der Waals surface area contributed by atoms with Crippen LogP contribution in [0.25, 0.3) is 0 Å². The first-order valence-electron chi connectivity index (χ1n) is 10.5. The highest BCUT2D eigenvalue weighted by molar-refractivity contribution is 7.38. The van der Waals surface area contributed by atoms with E-state index in [9.17, 15) is 0 Å². The van der Waals surface area contributed by atoms with Crippen molar-refractivity contribution in [1.82, 2.24) is 0 Å². The van der Waals surface area contributed by atoms with E-state index in [2.05, 4.69) is 20.8 Å². The highest BCUT2D eigenvalue weighted by Crippen LogP contribution is 2.24. The summed E-state index contributed by atoms with van der Waals surface area (Å²) in [6, 6.07) is 0. The third-order valence-corrected chi connectivity index (χ3v) is 6.51. The van der Waals surface area contributed by atoms with Gasteiger partial charge in [-0.2, -0.15) is 0 Å². The van der Waals surface area contributed by atoms with Crippen LogP contribution in [0.1, 0.15) is 124 Å². The Morgan fingerprint density at radius 1 is 0.545 bits per heavy atom. The molecule has 0 aromatic carbocycles. The summed E-state index contributed by atoms with van der Waals surface area (Å²) in [5, 5.41) is 0. The lowest BCUT2D eigenvalue weighted by molar-refractivity contribution is 0.532. The molecule has 2 atom stereocenters. The molecule has 22 heavy (non-hydrogen) atoms. The monoisotopic (exact) mass is 328 g/mol. The van der Waals surface area contributed by atoms with Crippen LogP contribution in [0.15, 0.2) is 0 Å². The van der Waals surface area contributed by atoms with E-state index >= 15 is 0 Å². The van der Waals surface area contributed by atoms with Crippen LogP contribution in [0.5, 0.6) is 0 Å². The van der Waals surface area contributed by atoms with Gasteiger partial charge in [0.15, 0.2) is 0 Å². The standard InChI is InChI=1S/C21H45P/c1-4-6-7-8-9-10-11-12-13-14-15-16-17-18-19-21(3)22-20-5-2/h21-22H,4-20H2,1-3H3. The van der Waals surface area contributed by atoms with Gasteiger partial charge in [-0.05, 0) is 18.2 Å². The number of unbranched alkanes of at least 4 members (excludes halogenated alkanes) is 13. The Balaban J connectivity index is 3.02. The van der Waals surface area contributed by atoms with Gasteiger partial charge in [0.1, 0.15) is 0 Å². The van der Waals surface area contributed by atoms with Gasteiger partial charge in [0, 0.05) is 0 Å². The second-order valence-electron chi connectivity index (χ2n) is 7.24. The van der Waals surface area contributed by atoms with Gasteiger partial charge in [-0.25, -0.2) is 0 Å². The molecule has 0 aliphatic carbocycles. The molecule has 0 nitrogen and oxygen atoms in total. The molecule has 0 aromatic heterocycles. The Labute approximate surface area is 144 Å². The van der Waals surface area contributed by atoms with Gasteiger partial charge in [0.2, 0.25) is 0 Å². The molecule has 0 saturated carbocycles. The van der Waals surface area contributed by atoms with E-state index in [1.165, 1.54) is 117 Å². The lowest BCUT2D eigenvalue weighted by Crippen LogP contribution is -1.95. The maximum atomic E-state index is 2.45. The van der Waals surface area contributed by atoms with Crippen LogP contribution < -0.4 is 0 Å². The van der Waals surface area contributed by atoms with Crippen LogP contribution in [0, 0.1) is 0 Å². The summed E-state index contributed by atoms with van der Waals surface area (Å²) < 4.78 is 0. The van der Waals surface area contributed by atoms with Crippen LogP contribution in [-0.2, 0) is 0 Å². The second-order valence-corrected chi connectivity index (χ2v) is 9.13. The van der Waals surface area contributed by atoms with Crippen LogP contribution in [0.3, 0.4) is 0 Å². The SMILES string of the molecule is CCCCCCCCCCCCCCCCC(C)PCCC. The minimum Gasteiger partial charge on any atom is -0.119 e. The number of hydrogen-bond acceptors (Lipinski definition) is 0. The molecule has 0 aliphatic rings. The highest BCUT2D eigenvalue weighted by Gasteiger charge is 2.00. The summed E-state index contributed by atoms with van der Waals surface area (Å²) in [4.78, 5) is 0. The van der Waals surface area contributed by atoms with Gasteiger partial charge in [0.25, 0.3) is 0 Å².